The molecule has 0 aromatic heterocycles. The summed E-state index contributed by atoms with van der Waals surface area (Å²) in [6.07, 6.45) is -5.09. The van der Waals surface area contributed by atoms with E-state index in [1.165, 1.54) is 0 Å². The van der Waals surface area contributed by atoms with Crippen LogP contribution < -0.4 is 19.1 Å². The van der Waals surface area contributed by atoms with Crippen LogP contribution in [0.15, 0.2) is 78.9 Å². The minimum absolute atomic E-state index is 0.0339. The van der Waals surface area contributed by atoms with Crippen LogP contribution in [-0.2, 0) is 0 Å². The average Bonchev–Trinajstić information content (AvgIpc) is 2.78. The molecule has 3 amide bonds. The Morgan fingerprint density at radius 3 is 2.24 bits per heavy atom. The summed E-state index contributed by atoms with van der Waals surface area (Å²) in [4.78, 5) is 24.7. The van der Waals surface area contributed by atoms with Gasteiger partial charge in [0.05, 0.1) is 5.69 Å². The van der Waals surface area contributed by atoms with E-state index in [0.29, 0.717) is 11.4 Å². The molecule has 10 heteroatoms. The summed E-state index contributed by atoms with van der Waals surface area (Å²) in [5.74, 6) is -0.812. The van der Waals surface area contributed by atoms with Gasteiger partial charge in [-0.25, -0.2) is 9.10 Å². The number of carbonyl (C=O) groups is 2. The van der Waals surface area contributed by atoms with E-state index in [9.17, 15) is 22.8 Å². The molecule has 1 N–H and O–H groups in total. The number of imide groups is 1. The van der Waals surface area contributed by atoms with Crippen LogP contribution in [0.25, 0.3) is 0 Å². The molecule has 33 heavy (non-hydrogen) atoms. The van der Waals surface area contributed by atoms with Gasteiger partial charge in [0.2, 0.25) is 0 Å². The van der Waals surface area contributed by atoms with E-state index in [-0.39, 0.29) is 11.7 Å². The van der Waals surface area contributed by atoms with Gasteiger partial charge >= 0.3 is 12.4 Å². The fourth-order valence-electron chi connectivity index (χ4n) is 2.83. The summed E-state index contributed by atoms with van der Waals surface area (Å²) in [5, 5.41) is 2.12. The average molecular weight is 476 g/mol. The van der Waals surface area contributed by atoms with Crippen molar-refractivity contribution in [3.63, 3.8) is 0 Å². The Hall–Kier alpha value is -3.66. The lowest BCUT2D eigenvalue weighted by Crippen LogP contribution is -2.38. The van der Waals surface area contributed by atoms with Crippen molar-refractivity contribution in [1.82, 2.24) is 5.32 Å². The molecule has 6 nitrogen and oxygen atoms in total. The molecule has 3 rings (SSSR count). The summed E-state index contributed by atoms with van der Waals surface area (Å²) < 4.78 is 47.3. The maximum Gasteiger partial charge on any atom is 0.573 e. The number of nitrogens with one attached hydrogen (secondary N) is 1. The van der Waals surface area contributed by atoms with Crippen LogP contribution in [0.2, 0.25) is 0 Å². The number of nitrogens with zero attached hydrogens (tertiary/aromatic N) is 1. The molecule has 0 fully saturated rings. The highest BCUT2D eigenvalue weighted by Gasteiger charge is 2.31. The van der Waals surface area contributed by atoms with Crippen LogP contribution in [0.4, 0.5) is 23.7 Å². The summed E-state index contributed by atoms with van der Waals surface area (Å²) in [6.45, 7) is 1.89. The zero-order valence-corrected chi connectivity index (χ0v) is 18.1. The lowest BCUT2D eigenvalue weighted by Gasteiger charge is -2.19. The number of carbonyl (C=O) groups excluding carboxylic acids is 2. The summed E-state index contributed by atoms with van der Waals surface area (Å²) in [5.41, 5.74) is 1.28. The fourth-order valence-corrected chi connectivity index (χ4v) is 3.01. The third kappa shape index (κ3) is 6.91. The van der Waals surface area contributed by atoms with E-state index in [4.69, 9.17) is 4.74 Å². The quantitative estimate of drug-likeness (QED) is 0.433. The van der Waals surface area contributed by atoms with Gasteiger partial charge in [-0.05, 0) is 48.9 Å². The van der Waals surface area contributed by atoms with E-state index < -0.39 is 24.1 Å². The minimum atomic E-state index is -4.84. The molecule has 0 aliphatic carbocycles. The Morgan fingerprint density at radius 2 is 1.61 bits per heavy atom. The van der Waals surface area contributed by atoms with Crippen molar-refractivity contribution in [3.05, 3.63) is 90.0 Å². The van der Waals surface area contributed by atoms with Crippen molar-refractivity contribution >= 4 is 30.4 Å². The Morgan fingerprint density at radius 1 is 0.939 bits per heavy atom. The Labute approximate surface area is 193 Å². The van der Waals surface area contributed by atoms with Gasteiger partial charge in [-0.1, -0.05) is 49.2 Å². The van der Waals surface area contributed by atoms with Crippen molar-refractivity contribution in [2.45, 2.75) is 19.4 Å². The molecule has 0 aliphatic rings. The topological polar surface area (TPSA) is 67.9 Å². The first-order chi connectivity index (χ1) is 15.6. The number of rotatable bonds is 6. The highest BCUT2D eigenvalue weighted by molar-refractivity contribution is 7.82. The number of hydrogen-bond acceptors (Lipinski definition) is 5. The van der Waals surface area contributed by atoms with Crippen LogP contribution in [0.5, 0.6) is 11.5 Å². The molecule has 172 valence electrons. The predicted molar refractivity (Wildman–Crippen MR) is 119 cm³/mol. The molecule has 0 saturated carbocycles. The van der Waals surface area contributed by atoms with E-state index in [1.807, 2.05) is 37.3 Å². The smallest absolute Gasteiger partial charge is 0.486 e. The van der Waals surface area contributed by atoms with E-state index in [1.54, 1.807) is 24.3 Å². The fraction of sp³-hybridized carbons (Fsp3) is 0.130. The normalized spacial score (nSPS) is 11.9. The van der Waals surface area contributed by atoms with E-state index in [2.05, 4.69) is 22.9 Å². The number of alkyl halides is 3. The molecular weight excluding hydrogens is 457 g/mol. The second-order valence-electron chi connectivity index (χ2n) is 6.81. The van der Waals surface area contributed by atoms with Gasteiger partial charge in [0, 0.05) is 11.6 Å². The molecule has 0 radical (unpaired) electrons. The van der Waals surface area contributed by atoms with E-state index in [0.717, 1.165) is 34.1 Å². The van der Waals surface area contributed by atoms with Crippen molar-refractivity contribution in [1.29, 1.82) is 0 Å². The largest absolute Gasteiger partial charge is 0.573 e. The van der Waals surface area contributed by atoms with Crippen LogP contribution in [0.3, 0.4) is 0 Å². The van der Waals surface area contributed by atoms with Crippen LogP contribution in [0, 0.1) is 0 Å². The SMILES string of the molecule is C[C@H](Oc1cccc(N(S)C(=O)NC(=O)c2ccc(OC(F)(F)F)cc2)c1)c1ccccc1. The van der Waals surface area contributed by atoms with Gasteiger partial charge in [-0.15, -0.1) is 13.2 Å². The highest BCUT2D eigenvalue weighted by Crippen LogP contribution is 2.27. The van der Waals surface area contributed by atoms with Gasteiger partial charge in [-0.2, -0.15) is 0 Å². The van der Waals surface area contributed by atoms with Gasteiger partial charge in [-0.3, -0.25) is 10.1 Å². The Kier molecular flexibility index (Phi) is 7.49. The van der Waals surface area contributed by atoms with Gasteiger partial charge in [0.25, 0.3) is 5.91 Å². The summed E-state index contributed by atoms with van der Waals surface area (Å²) >= 11 is 4.14. The molecule has 1 atom stereocenters. The first kappa shape index (κ1) is 24.0. The molecule has 3 aromatic carbocycles. The molecule has 3 aromatic rings. The number of halogens is 3. The molecule has 0 bridgehead atoms. The van der Waals surface area contributed by atoms with Crippen molar-refractivity contribution in [3.8, 4) is 11.5 Å². The second-order valence-corrected chi connectivity index (χ2v) is 7.21. The third-order valence-electron chi connectivity index (χ3n) is 4.41. The van der Waals surface area contributed by atoms with Crippen molar-refractivity contribution in [2.24, 2.45) is 0 Å². The number of amides is 3. The lowest BCUT2D eigenvalue weighted by atomic mass is 10.1. The maximum absolute atomic E-state index is 12.4. The van der Waals surface area contributed by atoms with Crippen LogP contribution in [-0.4, -0.2) is 18.3 Å². The Bertz CT molecular complexity index is 1110. The molecule has 0 heterocycles. The monoisotopic (exact) mass is 476 g/mol. The molecular formula is C23H19F3N2O4S. The van der Waals surface area contributed by atoms with Crippen LogP contribution >= 0.6 is 12.8 Å². The summed E-state index contributed by atoms with van der Waals surface area (Å²) in [6, 6.07) is 19.4. The molecule has 0 unspecified atom stereocenters. The number of urea groups is 1. The second kappa shape index (κ2) is 10.3. The van der Waals surface area contributed by atoms with Gasteiger partial charge in [0.1, 0.15) is 17.6 Å². The number of thiol groups is 1. The summed E-state index contributed by atoms with van der Waals surface area (Å²) in [7, 11) is 0. The third-order valence-corrected chi connectivity index (χ3v) is 4.82. The zero-order chi connectivity index (χ0) is 24.0. The maximum atomic E-state index is 12.4. The molecule has 0 spiro atoms. The Balaban J connectivity index is 1.62. The van der Waals surface area contributed by atoms with Crippen molar-refractivity contribution < 1.29 is 32.2 Å². The van der Waals surface area contributed by atoms with Crippen LogP contribution in [0.1, 0.15) is 28.9 Å². The molecule has 0 aliphatic heterocycles. The number of anilines is 1. The number of benzene rings is 3. The van der Waals surface area contributed by atoms with Gasteiger partial charge in [0.15, 0.2) is 0 Å². The van der Waals surface area contributed by atoms with E-state index >= 15 is 0 Å². The minimum Gasteiger partial charge on any atom is -0.486 e. The van der Waals surface area contributed by atoms with Gasteiger partial charge < -0.3 is 9.47 Å². The standard InChI is InChI=1S/C23H19F3N2O4S/c1-15(16-6-3-2-4-7-16)31-20-9-5-8-18(14-20)28(33)22(30)27-21(29)17-10-12-19(13-11-17)32-23(24,25)26/h2-15,33H,1H3,(H,27,29,30)/t15-/m0/s1. The van der Waals surface area contributed by atoms with Crippen molar-refractivity contribution in [2.75, 3.05) is 4.31 Å². The predicted octanol–water partition coefficient (Wildman–Crippen LogP) is 5.93. The number of ether oxygens (including phenoxy) is 2. The zero-order valence-electron chi connectivity index (χ0n) is 17.2. The molecule has 0 saturated heterocycles. The number of hydrogen-bond donors (Lipinski definition) is 2. The lowest BCUT2D eigenvalue weighted by molar-refractivity contribution is -0.274. The first-order valence-electron chi connectivity index (χ1n) is 9.64. The first-order valence-corrected chi connectivity index (χ1v) is 10.0. The highest BCUT2D eigenvalue weighted by atomic mass is 32.1.